The Labute approximate surface area is 96.4 Å². The lowest BCUT2D eigenvalue weighted by atomic mass is 10.3. The molecule has 1 heterocycles. The molecule has 1 aromatic heterocycles. The van der Waals surface area contributed by atoms with E-state index in [9.17, 15) is 13.6 Å². The van der Waals surface area contributed by atoms with E-state index >= 15 is 0 Å². The number of esters is 1. The van der Waals surface area contributed by atoms with Crippen LogP contribution in [0.3, 0.4) is 0 Å². The van der Waals surface area contributed by atoms with Crippen molar-refractivity contribution in [2.75, 3.05) is 20.3 Å². The molecule has 0 aromatic carbocycles. The van der Waals surface area contributed by atoms with Gasteiger partial charge in [0.05, 0.1) is 20.2 Å². The van der Waals surface area contributed by atoms with Crippen LogP contribution in [0.4, 0.5) is 8.78 Å². The van der Waals surface area contributed by atoms with Crippen LogP contribution < -0.4 is 5.32 Å². The Morgan fingerprint density at radius 3 is 2.88 bits per heavy atom. The van der Waals surface area contributed by atoms with E-state index in [0.29, 0.717) is 5.76 Å². The highest BCUT2D eigenvalue weighted by Crippen LogP contribution is 2.12. The van der Waals surface area contributed by atoms with E-state index in [0.717, 1.165) is 0 Å². The molecule has 5 nitrogen and oxygen atoms in total. The summed E-state index contributed by atoms with van der Waals surface area (Å²) in [6, 6.07) is 2.88. The molecule has 1 aromatic rings. The third-order valence-corrected chi connectivity index (χ3v) is 1.96. The Bertz CT molecular complexity index is 378. The lowest BCUT2D eigenvalue weighted by Crippen LogP contribution is -2.35. The van der Waals surface area contributed by atoms with Crippen molar-refractivity contribution in [1.29, 1.82) is 0 Å². The summed E-state index contributed by atoms with van der Waals surface area (Å²) in [6.07, 6.45) is 0. The Morgan fingerprint density at radius 2 is 2.29 bits per heavy atom. The number of hydrogen-bond donors (Lipinski definition) is 2. The van der Waals surface area contributed by atoms with Gasteiger partial charge in [-0.2, -0.15) is 0 Å². The molecule has 0 saturated heterocycles. The minimum atomic E-state index is -3.17. The van der Waals surface area contributed by atoms with Gasteiger partial charge in [0.2, 0.25) is 5.76 Å². The first-order valence-corrected chi connectivity index (χ1v) is 4.85. The fourth-order valence-electron chi connectivity index (χ4n) is 1.11. The third kappa shape index (κ3) is 4.12. The van der Waals surface area contributed by atoms with Crippen molar-refractivity contribution in [1.82, 2.24) is 5.32 Å². The van der Waals surface area contributed by atoms with Crippen molar-refractivity contribution in [2.45, 2.75) is 12.5 Å². The molecular formula is C10H13F2NO4. The van der Waals surface area contributed by atoms with Crippen LogP contribution >= 0.6 is 0 Å². The monoisotopic (exact) mass is 249 g/mol. The maximum absolute atomic E-state index is 12.6. The molecule has 0 saturated carbocycles. The summed E-state index contributed by atoms with van der Waals surface area (Å²) in [5.74, 6) is -3.45. The Morgan fingerprint density at radius 1 is 1.59 bits per heavy atom. The summed E-state index contributed by atoms with van der Waals surface area (Å²) in [5, 5.41) is 10.7. The Hall–Kier alpha value is -1.47. The van der Waals surface area contributed by atoms with Crippen molar-refractivity contribution >= 4 is 5.97 Å². The summed E-state index contributed by atoms with van der Waals surface area (Å²) >= 11 is 0. The van der Waals surface area contributed by atoms with E-state index < -0.39 is 25.0 Å². The smallest absolute Gasteiger partial charge is 0.373 e. The van der Waals surface area contributed by atoms with Gasteiger partial charge in [0.1, 0.15) is 12.4 Å². The molecule has 0 aliphatic rings. The molecule has 1 rings (SSSR count). The Kier molecular flexibility index (Phi) is 4.59. The number of furan rings is 1. The van der Waals surface area contributed by atoms with Gasteiger partial charge >= 0.3 is 5.97 Å². The molecule has 0 radical (unpaired) electrons. The molecule has 96 valence electrons. The number of methoxy groups -OCH3 is 1. The molecule has 17 heavy (non-hydrogen) atoms. The topological polar surface area (TPSA) is 71.7 Å². The summed E-state index contributed by atoms with van der Waals surface area (Å²) < 4.78 is 34.7. The first-order chi connectivity index (χ1) is 7.98. The van der Waals surface area contributed by atoms with Gasteiger partial charge in [0, 0.05) is 0 Å². The number of halogens is 2. The minimum Gasteiger partial charge on any atom is -0.463 e. The number of aliphatic hydroxyl groups is 1. The van der Waals surface area contributed by atoms with Crippen LogP contribution in [0.5, 0.6) is 0 Å². The number of rotatable bonds is 6. The SMILES string of the molecule is COC(=O)c1ccc(CNCC(F)(F)CO)o1. The fourth-order valence-corrected chi connectivity index (χ4v) is 1.11. The number of aliphatic hydroxyl groups excluding tert-OH is 1. The van der Waals surface area contributed by atoms with Crippen LogP contribution in [-0.4, -0.2) is 37.3 Å². The van der Waals surface area contributed by atoms with Gasteiger partial charge in [-0.15, -0.1) is 0 Å². The molecule has 7 heteroatoms. The highest BCUT2D eigenvalue weighted by Gasteiger charge is 2.26. The number of carbonyl (C=O) groups excluding carboxylic acids is 1. The zero-order valence-corrected chi connectivity index (χ0v) is 9.20. The van der Waals surface area contributed by atoms with Crippen LogP contribution in [0.25, 0.3) is 0 Å². The van der Waals surface area contributed by atoms with Crippen LogP contribution in [0.2, 0.25) is 0 Å². The number of alkyl halides is 2. The van der Waals surface area contributed by atoms with Gasteiger partial charge in [0.25, 0.3) is 5.92 Å². The summed E-state index contributed by atoms with van der Waals surface area (Å²) in [5.41, 5.74) is 0. The summed E-state index contributed by atoms with van der Waals surface area (Å²) in [6.45, 7) is -1.85. The zero-order valence-electron chi connectivity index (χ0n) is 9.20. The van der Waals surface area contributed by atoms with E-state index in [1.807, 2.05) is 0 Å². The molecule has 0 aliphatic heterocycles. The second-order valence-electron chi connectivity index (χ2n) is 3.38. The lowest BCUT2D eigenvalue weighted by Gasteiger charge is -2.12. The predicted molar refractivity (Wildman–Crippen MR) is 53.8 cm³/mol. The van der Waals surface area contributed by atoms with Crippen molar-refractivity contribution in [3.8, 4) is 0 Å². The van der Waals surface area contributed by atoms with Gasteiger partial charge in [-0.25, -0.2) is 13.6 Å². The van der Waals surface area contributed by atoms with E-state index in [4.69, 9.17) is 9.52 Å². The number of carbonyl (C=O) groups is 1. The number of nitrogens with one attached hydrogen (secondary N) is 1. The third-order valence-electron chi connectivity index (χ3n) is 1.96. The molecule has 0 spiro atoms. The maximum Gasteiger partial charge on any atom is 0.373 e. The summed E-state index contributed by atoms with van der Waals surface area (Å²) in [4.78, 5) is 11.0. The molecule has 0 fully saturated rings. The molecule has 2 N–H and O–H groups in total. The normalized spacial score (nSPS) is 11.5. The van der Waals surface area contributed by atoms with Gasteiger partial charge in [-0.05, 0) is 12.1 Å². The van der Waals surface area contributed by atoms with Crippen molar-refractivity contribution in [3.05, 3.63) is 23.7 Å². The minimum absolute atomic E-state index is 0.0122. The number of ether oxygens (including phenoxy) is 1. The first-order valence-electron chi connectivity index (χ1n) is 4.85. The van der Waals surface area contributed by atoms with E-state index in [1.165, 1.54) is 19.2 Å². The summed E-state index contributed by atoms with van der Waals surface area (Å²) in [7, 11) is 1.21. The quantitative estimate of drug-likeness (QED) is 0.729. The molecule has 0 amide bonds. The second-order valence-corrected chi connectivity index (χ2v) is 3.38. The average Bonchev–Trinajstić information content (AvgIpc) is 2.76. The van der Waals surface area contributed by atoms with Crippen molar-refractivity contribution in [2.24, 2.45) is 0 Å². The largest absolute Gasteiger partial charge is 0.463 e. The molecule has 0 bridgehead atoms. The van der Waals surface area contributed by atoms with Crippen LogP contribution in [0.1, 0.15) is 16.3 Å². The second kappa shape index (κ2) is 5.74. The van der Waals surface area contributed by atoms with Gasteiger partial charge in [-0.1, -0.05) is 0 Å². The highest BCUT2D eigenvalue weighted by molar-refractivity contribution is 5.86. The lowest BCUT2D eigenvalue weighted by molar-refractivity contribution is -0.0480. The molecular weight excluding hydrogens is 236 g/mol. The van der Waals surface area contributed by atoms with Crippen LogP contribution in [0.15, 0.2) is 16.5 Å². The van der Waals surface area contributed by atoms with Gasteiger partial charge in [-0.3, -0.25) is 0 Å². The molecule has 0 unspecified atom stereocenters. The standard InChI is InChI=1S/C10H13F2NO4/c1-16-9(15)8-3-2-7(17-8)4-13-5-10(11,12)6-14/h2-3,13-14H,4-6H2,1H3. The zero-order chi connectivity index (χ0) is 12.9. The fraction of sp³-hybridized carbons (Fsp3) is 0.500. The maximum atomic E-state index is 12.6. The molecule has 0 atom stereocenters. The van der Waals surface area contributed by atoms with Gasteiger partial charge in [0.15, 0.2) is 0 Å². The first kappa shape index (κ1) is 13.6. The van der Waals surface area contributed by atoms with Crippen molar-refractivity contribution < 1.29 is 27.8 Å². The Balaban J connectivity index is 2.43. The van der Waals surface area contributed by atoms with E-state index in [1.54, 1.807) is 0 Å². The molecule has 0 aliphatic carbocycles. The average molecular weight is 249 g/mol. The van der Waals surface area contributed by atoms with Crippen molar-refractivity contribution in [3.63, 3.8) is 0 Å². The number of hydrogen-bond acceptors (Lipinski definition) is 5. The van der Waals surface area contributed by atoms with E-state index in [2.05, 4.69) is 10.1 Å². The van der Waals surface area contributed by atoms with E-state index in [-0.39, 0.29) is 12.3 Å². The predicted octanol–water partition coefficient (Wildman–Crippen LogP) is 0.783. The van der Waals surface area contributed by atoms with Crippen LogP contribution in [-0.2, 0) is 11.3 Å². The van der Waals surface area contributed by atoms with Gasteiger partial charge < -0.3 is 19.6 Å². The highest BCUT2D eigenvalue weighted by atomic mass is 19.3. The van der Waals surface area contributed by atoms with Crippen LogP contribution in [0, 0.1) is 0 Å².